The molecule has 2 rings (SSSR count). The highest BCUT2D eigenvalue weighted by Gasteiger charge is 2.23. The predicted molar refractivity (Wildman–Crippen MR) is 90.6 cm³/mol. The number of aryl methyl sites for hydroxylation is 1. The van der Waals surface area contributed by atoms with Gasteiger partial charge in [0.1, 0.15) is 0 Å². The summed E-state index contributed by atoms with van der Waals surface area (Å²) in [4.78, 5) is 0. The van der Waals surface area contributed by atoms with Crippen molar-refractivity contribution in [2.45, 2.75) is 72.1 Å². The SMILES string of the molecule is CC(C)=CCC[C@@H](C)[C@H]1CC/C(C)=C/CCc2cocc21. The Hall–Kier alpha value is -1.24. The molecule has 0 spiro atoms. The molecule has 1 aliphatic carbocycles. The average molecular weight is 286 g/mol. The molecule has 1 aromatic heterocycles. The molecular formula is C20H30O. The molecule has 1 heteroatoms. The van der Waals surface area contributed by atoms with E-state index in [-0.39, 0.29) is 0 Å². The van der Waals surface area contributed by atoms with Crippen LogP contribution in [0, 0.1) is 5.92 Å². The third-order valence-electron chi connectivity index (χ3n) is 4.79. The van der Waals surface area contributed by atoms with Gasteiger partial charge in [-0.1, -0.05) is 30.2 Å². The first kappa shape index (κ1) is 16.1. The van der Waals surface area contributed by atoms with E-state index in [9.17, 15) is 0 Å². The van der Waals surface area contributed by atoms with Crippen LogP contribution in [0.5, 0.6) is 0 Å². The summed E-state index contributed by atoms with van der Waals surface area (Å²) in [5.74, 6) is 1.36. The summed E-state index contributed by atoms with van der Waals surface area (Å²) in [7, 11) is 0. The smallest absolute Gasteiger partial charge is 0.0940 e. The quantitative estimate of drug-likeness (QED) is 0.582. The van der Waals surface area contributed by atoms with Crippen LogP contribution in [0.3, 0.4) is 0 Å². The maximum atomic E-state index is 5.54. The van der Waals surface area contributed by atoms with E-state index in [1.807, 2.05) is 12.5 Å². The number of fused-ring (bicyclic) bond motifs is 1. The highest BCUT2D eigenvalue weighted by Crippen LogP contribution is 2.37. The Morgan fingerprint density at radius 1 is 1.33 bits per heavy atom. The third kappa shape index (κ3) is 4.62. The second-order valence-electron chi connectivity index (χ2n) is 6.92. The molecule has 0 aromatic carbocycles. The van der Waals surface area contributed by atoms with Crippen LogP contribution in [0.25, 0.3) is 0 Å². The fraction of sp³-hybridized carbons (Fsp3) is 0.600. The van der Waals surface area contributed by atoms with Gasteiger partial charge in [-0.15, -0.1) is 0 Å². The minimum atomic E-state index is 0.644. The summed E-state index contributed by atoms with van der Waals surface area (Å²) in [6.07, 6.45) is 16.0. The van der Waals surface area contributed by atoms with Crippen LogP contribution < -0.4 is 0 Å². The molecule has 1 heterocycles. The van der Waals surface area contributed by atoms with E-state index < -0.39 is 0 Å². The van der Waals surface area contributed by atoms with Crippen molar-refractivity contribution in [2.24, 2.45) is 5.92 Å². The Balaban J connectivity index is 2.12. The van der Waals surface area contributed by atoms with Gasteiger partial charge < -0.3 is 4.42 Å². The first-order valence-electron chi connectivity index (χ1n) is 8.42. The fourth-order valence-electron chi connectivity index (χ4n) is 3.40. The van der Waals surface area contributed by atoms with Gasteiger partial charge in [0, 0.05) is 0 Å². The standard InChI is InChI=1S/C20H30O/c1-15(2)7-5-9-17(4)19-12-11-16(3)8-6-10-18-13-21-14-20(18)19/h7-8,13-14,17,19H,5-6,9-12H2,1-4H3/b16-8+/t17-,19-/m1/s1. The molecule has 0 amide bonds. The second kappa shape index (κ2) is 7.68. The van der Waals surface area contributed by atoms with Crippen molar-refractivity contribution in [2.75, 3.05) is 0 Å². The summed E-state index contributed by atoms with van der Waals surface area (Å²) in [5.41, 5.74) is 5.89. The zero-order valence-corrected chi connectivity index (χ0v) is 14.1. The highest BCUT2D eigenvalue weighted by atomic mass is 16.3. The van der Waals surface area contributed by atoms with Crippen LogP contribution >= 0.6 is 0 Å². The molecule has 0 unspecified atom stereocenters. The van der Waals surface area contributed by atoms with Gasteiger partial charge in [0.05, 0.1) is 12.5 Å². The summed E-state index contributed by atoms with van der Waals surface area (Å²) in [5, 5.41) is 0. The summed E-state index contributed by atoms with van der Waals surface area (Å²) >= 11 is 0. The van der Waals surface area contributed by atoms with E-state index in [0.29, 0.717) is 11.8 Å². The van der Waals surface area contributed by atoms with Crippen LogP contribution in [0.4, 0.5) is 0 Å². The maximum Gasteiger partial charge on any atom is 0.0940 e. The normalized spacial score (nSPS) is 23.0. The Kier molecular flexibility index (Phi) is 5.90. The molecule has 21 heavy (non-hydrogen) atoms. The summed E-state index contributed by atoms with van der Waals surface area (Å²) < 4.78 is 5.54. The number of furan rings is 1. The maximum absolute atomic E-state index is 5.54. The molecule has 2 atom stereocenters. The molecule has 0 bridgehead atoms. The van der Waals surface area contributed by atoms with Gasteiger partial charge in [-0.05, 0) is 82.3 Å². The van der Waals surface area contributed by atoms with Crippen molar-refractivity contribution < 1.29 is 4.42 Å². The Morgan fingerprint density at radius 2 is 2.14 bits per heavy atom. The minimum Gasteiger partial charge on any atom is -0.472 e. The van der Waals surface area contributed by atoms with Crippen LogP contribution in [0.2, 0.25) is 0 Å². The van der Waals surface area contributed by atoms with Gasteiger partial charge in [0.2, 0.25) is 0 Å². The lowest BCUT2D eigenvalue weighted by Gasteiger charge is -2.24. The zero-order chi connectivity index (χ0) is 15.2. The van der Waals surface area contributed by atoms with Gasteiger partial charge >= 0.3 is 0 Å². The molecule has 0 saturated carbocycles. The fourth-order valence-corrected chi connectivity index (χ4v) is 3.40. The lowest BCUT2D eigenvalue weighted by molar-refractivity contribution is 0.405. The van der Waals surface area contributed by atoms with Gasteiger partial charge in [-0.25, -0.2) is 0 Å². The molecule has 0 radical (unpaired) electrons. The van der Waals surface area contributed by atoms with Crippen molar-refractivity contribution >= 4 is 0 Å². The van der Waals surface area contributed by atoms with E-state index in [2.05, 4.69) is 39.8 Å². The van der Waals surface area contributed by atoms with Crippen molar-refractivity contribution in [3.63, 3.8) is 0 Å². The largest absolute Gasteiger partial charge is 0.472 e. The molecule has 0 aliphatic heterocycles. The van der Waals surface area contributed by atoms with Crippen molar-refractivity contribution in [3.8, 4) is 0 Å². The van der Waals surface area contributed by atoms with Crippen LogP contribution in [0.1, 0.15) is 76.8 Å². The Morgan fingerprint density at radius 3 is 2.90 bits per heavy atom. The lowest BCUT2D eigenvalue weighted by atomic mass is 9.80. The van der Waals surface area contributed by atoms with Crippen molar-refractivity contribution in [1.82, 2.24) is 0 Å². The number of hydrogen-bond acceptors (Lipinski definition) is 1. The number of rotatable bonds is 4. The van der Waals surface area contributed by atoms with Gasteiger partial charge in [0.25, 0.3) is 0 Å². The van der Waals surface area contributed by atoms with Gasteiger partial charge in [-0.3, -0.25) is 0 Å². The predicted octanol–water partition coefficient (Wildman–Crippen LogP) is 6.42. The molecule has 1 nitrogen and oxygen atoms in total. The van der Waals surface area contributed by atoms with E-state index in [1.54, 1.807) is 5.57 Å². The van der Waals surface area contributed by atoms with Crippen molar-refractivity contribution in [1.29, 1.82) is 0 Å². The molecule has 1 aliphatic rings. The first-order chi connectivity index (χ1) is 10.1. The molecule has 116 valence electrons. The molecule has 1 aromatic rings. The zero-order valence-electron chi connectivity index (χ0n) is 14.1. The van der Waals surface area contributed by atoms with Crippen LogP contribution in [0.15, 0.2) is 40.2 Å². The Labute approximate surface area is 130 Å². The third-order valence-corrected chi connectivity index (χ3v) is 4.79. The molecule has 0 saturated heterocycles. The number of allylic oxidation sites excluding steroid dienone is 4. The molecule has 0 fully saturated rings. The van der Waals surface area contributed by atoms with Crippen LogP contribution in [-0.2, 0) is 6.42 Å². The van der Waals surface area contributed by atoms with Crippen molar-refractivity contribution in [3.05, 3.63) is 47.0 Å². The van der Waals surface area contributed by atoms with Gasteiger partial charge in [0.15, 0.2) is 0 Å². The highest BCUT2D eigenvalue weighted by molar-refractivity contribution is 5.27. The van der Waals surface area contributed by atoms with E-state index in [1.165, 1.54) is 42.4 Å². The lowest BCUT2D eigenvalue weighted by Crippen LogP contribution is -2.11. The van der Waals surface area contributed by atoms with E-state index in [4.69, 9.17) is 4.42 Å². The van der Waals surface area contributed by atoms with Crippen LogP contribution in [-0.4, -0.2) is 0 Å². The summed E-state index contributed by atoms with van der Waals surface area (Å²) in [6, 6.07) is 0. The minimum absolute atomic E-state index is 0.644. The molecular weight excluding hydrogens is 256 g/mol. The molecule has 0 N–H and O–H groups in total. The first-order valence-corrected chi connectivity index (χ1v) is 8.42. The van der Waals surface area contributed by atoms with E-state index >= 15 is 0 Å². The Bertz CT molecular complexity index is 500. The average Bonchev–Trinajstić information content (AvgIpc) is 2.87. The van der Waals surface area contributed by atoms with E-state index in [0.717, 1.165) is 12.8 Å². The number of hydrogen-bond donors (Lipinski definition) is 0. The second-order valence-corrected chi connectivity index (χ2v) is 6.92. The summed E-state index contributed by atoms with van der Waals surface area (Å²) in [6.45, 7) is 9.07. The topological polar surface area (TPSA) is 13.1 Å². The monoisotopic (exact) mass is 286 g/mol. The van der Waals surface area contributed by atoms with Gasteiger partial charge in [-0.2, -0.15) is 0 Å².